The Morgan fingerprint density at radius 3 is 3.08 bits per heavy atom. The molecule has 0 fully saturated rings. The molecule has 0 unspecified atom stereocenters. The highest BCUT2D eigenvalue weighted by Gasteiger charge is 1.91. The fraction of sp³-hybridized carbons (Fsp3) is 0.500. The predicted octanol–water partition coefficient (Wildman–Crippen LogP) is 0.465. The SMILES string of the molecule is CCNCCOc1cnccn1. The molecule has 0 aromatic carbocycles. The summed E-state index contributed by atoms with van der Waals surface area (Å²) in [6, 6.07) is 0. The number of hydrogen-bond acceptors (Lipinski definition) is 4. The van der Waals surface area contributed by atoms with E-state index < -0.39 is 0 Å². The van der Waals surface area contributed by atoms with E-state index in [0.29, 0.717) is 12.5 Å². The molecule has 0 aliphatic carbocycles. The van der Waals surface area contributed by atoms with E-state index >= 15 is 0 Å². The summed E-state index contributed by atoms with van der Waals surface area (Å²) in [4.78, 5) is 7.84. The molecule has 0 amide bonds. The van der Waals surface area contributed by atoms with Crippen molar-refractivity contribution in [1.82, 2.24) is 15.3 Å². The summed E-state index contributed by atoms with van der Waals surface area (Å²) in [6.45, 7) is 4.49. The molecule has 1 aromatic rings. The van der Waals surface area contributed by atoms with Crippen LogP contribution in [0.1, 0.15) is 6.92 Å². The van der Waals surface area contributed by atoms with Gasteiger partial charge in [-0.25, -0.2) is 4.98 Å². The van der Waals surface area contributed by atoms with Crippen molar-refractivity contribution in [3.05, 3.63) is 18.6 Å². The molecule has 4 nitrogen and oxygen atoms in total. The van der Waals surface area contributed by atoms with Gasteiger partial charge >= 0.3 is 0 Å². The van der Waals surface area contributed by atoms with Gasteiger partial charge in [0, 0.05) is 18.9 Å². The van der Waals surface area contributed by atoms with E-state index in [1.165, 1.54) is 0 Å². The molecule has 0 spiro atoms. The average Bonchev–Trinajstić information content (AvgIpc) is 2.14. The number of ether oxygens (including phenoxy) is 1. The van der Waals surface area contributed by atoms with E-state index in [4.69, 9.17) is 4.74 Å². The van der Waals surface area contributed by atoms with Crippen LogP contribution >= 0.6 is 0 Å². The van der Waals surface area contributed by atoms with Crippen molar-refractivity contribution < 1.29 is 4.74 Å². The number of likely N-dealkylation sites (N-methyl/N-ethyl adjacent to an activating group) is 1. The molecule has 66 valence electrons. The van der Waals surface area contributed by atoms with Crippen LogP contribution in [-0.4, -0.2) is 29.7 Å². The lowest BCUT2D eigenvalue weighted by Gasteiger charge is -2.03. The van der Waals surface area contributed by atoms with Crippen molar-refractivity contribution in [3.8, 4) is 5.88 Å². The highest BCUT2D eigenvalue weighted by atomic mass is 16.5. The molecule has 0 radical (unpaired) electrons. The molecule has 1 rings (SSSR count). The third-order valence-corrected chi connectivity index (χ3v) is 1.32. The van der Waals surface area contributed by atoms with Crippen molar-refractivity contribution in [2.24, 2.45) is 0 Å². The summed E-state index contributed by atoms with van der Waals surface area (Å²) >= 11 is 0. The van der Waals surface area contributed by atoms with E-state index in [-0.39, 0.29) is 0 Å². The predicted molar refractivity (Wildman–Crippen MR) is 46.1 cm³/mol. The molecule has 0 bridgehead atoms. The maximum absolute atomic E-state index is 5.27. The summed E-state index contributed by atoms with van der Waals surface area (Å²) in [5.41, 5.74) is 0. The second-order valence-corrected chi connectivity index (χ2v) is 2.25. The van der Waals surface area contributed by atoms with Crippen molar-refractivity contribution in [3.63, 3.8) is 0 Å². The smallest absolute Gasteiger partial charge is 0.232 e. The Morgan fingerprint density at radius 2 is 2.42 bits per heavy atom. The number of nitrogens with zero attached hydrogens (tertiary/aromatic N) is 2. The van der Waals surface area contributed by atoms with E-state index in [1.807, 2.05) is 0 Å². The van der Waals surface area contributed by atoms with Gasteiger partial charge in [-0.2, -0.15) is 0 Å². The van der Waals surface area contributed by atoms with Gasteiger partial charge in [-0.1, -0.05) is 6.92 Å². The van der Waals surface area contributed by atoms with Gasteiger partial charge in [-0.3, -0.25) is 4.98 Å². The van der Waals surface area contributed by atoms with Gasteiger partial charge in [-0.15, -0.1) is 0 Å². The van der Waals surface area contributed by atoms with Crippen LogP contribution in [-0.2, 0) is 0 Å². The van der Waals surface area contributed by atoms with Gasteiger partial charge in [0.25, 0.3) is 0 Å². The molecule has 0 atom stereocenters. The quantitative estimate of drug-likeness (QED) is 0.647. The van der Waals surface area contributed by atoms with Crippen molar-refractivity contribution in [2.75, 3.05) is 19.7 Å². The first kappa shape index (κ1) is 8.93. The van der Waals surface area contributed by atoms with Crippen LogP contribution in [0.4, 0.5) is 0 Å². The van der Waals surface area contributed by atoms with Crippen LogP contribution in [0.25, 0.3) is 0 Å². The lowest BCUT2D eigenvalue weighted by atomic mass is 10.6. The Labute approximate surface area is 72.0 Å². The van der Waals surface area contributed by atoms with Gasteiger partial charge in [0.15, 0.2) is 0 Å². The van der Waals surface area contributed by atoms with Crippen molar-refractivity contribution >= 4 is 0 Å². The molecule has 4 heteroatoms. The molecule has 0 saturated carbocycles. The van der Waals surface area contributed by atoms with E-state index in [0.717, 1.165) is 13.1 Å². The zero-order valence-corrected chi connectivity index (χ0v) is 7.16. The van der Waals surface area contributed by atoms with Gasteiger partial charge in [0.2, 0.25) is 5.88 Å². The lowest BCUT2D eigenvalue weighted by molar-refractivity contribution is 0.302. The Morgan fingerprint density at radius 1 is 1.50 bits per heavy atom. The monoisotopic (exact) mass is 167 g/mol. The highest BCUT2D eigenvalue weighted by Crippen LogP contribution is 1.98. The average molecular weight is 167 g/mol. The fourth-order valence-corrected chi connectivity index (χ4v) is 0.764. The normalized spacial score (nSPS) is 9.75. The van der Waals surface area contributed by atoms with E-state index in [1.54, 1.807) is 18.6 Å². The minimum atomic E-state index is 0.579. The highest BCUT2D eigenvalue weighted by molar-refractivity contribution is 5.00. The molecule has 12 heavy (non-hydrogen) atoms. The van der Waals surface area contributed by atoms with Crippen LogP contribution in [0, 0.1) is 0 Å². The van der Waals surface area contributed by atoms with Crippen LogP contribution < -0.4 is 10.1 Å². The van der Waals surface area contributed by atoms with Crippen molar-refractivity contribution in [2.45, 2.75) is 6.92 Å². The second-order valence-electron chi connectivity index (χ2n) is 2.25. The van der Waals surface area contributed by atoms with Crippen LogP contribution in [0.2, 0.25) is 0 Å². The molecule has 1 aromatic heterocycles. The van der Waals surface area contributed by atoms with Gasteiger partial charge in [0.05, 0.1) is 6.20 Å². The van der Waals surface area contributed by atoms with Crippen molar-refractivity contribution in [1.29, 1.82) is 0 Å². The Balaban J connectivity index is 2.16. The third kappa shape index (κ3) is 3.30. The first-order chi connectivity index (χ1) is 5.93. The first-order valence-corrected chi connectivity index (χ1v) is 4.03. The Bertz CT molecular complexity index is 203. The molecule has 0 saturated heterocycles. The third-order valence-electron chi connectivity index (χ3n) is 1.32. The number of nitrogens with one attached hydrogen (secondary N) is 1. The van der Waals surface area contributed by atoms with E-state index in [2.05, 4.69) is 22.2 Å². The molecule has 1 heterocycles. The summed E-state index contributed by atoms with van der Waals surface area (Å²) in [5, 5.41) is 3.15. The topological polar surface area (TPSA) is 47.0 Å². The molecule has 0 aliphatic heterocycles. The first-order valence-electron chi connectivity index (χ1n) is 4.03. The zero-order chi connectivity index (χ0) is 8.65. The zero-order valence-electron chi connectivity index (χ0n) is 7.16. The largest absolute Gasteiger partial charge is 0.475 e. The summed E-state index contributed by atoms with van der Waals surface area (Å²) in [5.74, 6) is 0.579. The fourth-order valence-electron chi connectivity index (χ4n) is 0.764. The minimum Gasteiger partial charge on any atom is -0.475 e. The number of aromatic nitrogens is 2. The second kappa shape index (κ2) is 5.49. The molecule has 0 aliphatic rings. The standard InChI is InChI=1S/C8H13N3O/c1-2-9-5-6-12-8-7-10-3-4-11-8/h3-4,7,9H,2,5-6H2,1H3. The summed E-state index contributed by atoms with van der Waals surface area (Å²) in [6.07, 6.45) is 4.84. The van der Waals surface area contributed by atoms with E-state index in [9.17, 15) is 0 Å². The summed E-state index contributed by atoms with van der Waals surface area (Å²) < 4.78 is 5.27. The molecule has 1 N–H and O–H groups in total. The summed E-state index contributed by atoms with van der Waals surface area (Å²) in [7, 11) is 0. The lowest BCUT2D eigenvalue weighted by Crippen LogP contribution is -2.20. The Hall–Kier alpha value is -1.16. The number of hydrogen-bond donors (Lipinski definition) is 1. The molecular weight excluding hydrogens is 154 g/mol. The van der Waals surface area contributed by atoms with Crippen LogP contribution in [0.5, 0.6) is 5.88 Å². The molecular formula is C8H13N3O. The van der Waals surface area contributed by atoms with Crippen LogP contribution in [0.15, 0.2) is 18.6 Å². The number of rotatable bonds is 5. The van der Waals surface area contributed by atoms with Gasteiger partial charge in [0.1, 0.15) is 6.61 Å². The van der Waals surface area contributed by atoms with Gasteiger partial charge < -0.3 is 10.1 Å². The maximum atomic E-state index is 5.27. The van der Waals surface area contributed by atoms with Gasteiger partial charge in [-0.05, 0) is 6.54 Å². The minimum absolute atomic E-state index is 0.579. The maximum Gasteiger partial charge on any atom is 0.232 e. The van der Waals surface area contributed by atoms with Crippen LogP contribution in [0.3, 0.4) is 0 Å². The Kier molecular flexibility index (Phi) is 4.08.